The summed E-state index contributed by atoms with van der Waals surface area (Å²) >= 11 is 24.5. The van der Waals surface area contributed by atoms with Crippen molar-refractivity contribution in [1.29, 1.82) is 10.5 Å². The maximum Gasteiger partial charge on any atom is 0.338 e. The zero-order valence-electron chi connectivity index (χ0n) is 16.7. The summed E-state index contributed by atoms with van der Waals surface area (Å²) in [4.78, 5) is 14.2. The van der Waals surface area contributed by atoms with E-state index >= 15 is 0 Å². The fourth-order valence-corrected chi connectivity index (χ4v) is 5.04. The van der Waals surface area contributed by atoms with Crippen LogP contribution in [-0.2, 0) is 16.1 Å². The first kappa shape index (κ1) is 24.1. The minimum Gasteiger partial charge on any atom is -0.508 e. The molecule has 0 spiro atoms. The number of carbonyl (C=O) groups excluding carboxylic acids is 1. The van der Waals surface area contributed by atoms with Gasteiger partial charge in [0.2, 0.25) is 5.54 Å². The van der Waals surface area contributed by atoms with Gasteiger partial charge in [-0.1, -0.05) is 52.5 Å². The lowest BCUT2D eigenvalue weighted by molar-refractivity contribution is -0.139. The molecular formula is C21H15Cl4N3O4. The van der Waals surface area contributed by atoms with Crippen LogP contribution in [0.5, 0.6) is 0 Å². The van der Waals surface area contributed by atoms with Crippen LogP contribution >= 0.6 is 46.4 Å². The third kappa shape index (κ3) is 2.97. The third-order valence-electron chi connectivity index (χ3n) is 5.55. The largest absolute Gasteiger partial charge is 0.508 e. The highest BCUT2D eigenvalue weighted by atomic mass is 35.5. The molecule has 1 aromatic rings. The molecule has 0 amide bonds. The summed E-state index contributed by atoms with van der Waals surface area (Å²) in [5.41, 5.74) is -4.55. The Morgan fingerprint density at radius 1 is 1.12 bits per heavy atom. The number of nitriles is 2. The highest BCUT2D eigenvalue weighted by molar-refractivity contribution is 6.44. The number of aliphatic hydroxyl groups excluding tert-OH is 2. The lowest BCUT2D eigenvalue weighted by atomic mass is 9.63. The van der Waals surface area contributed by atoms with Gasteiger partial charge in [0.05, 0.1) is 18.2 Å². The molecule has 1 aliphatic carbocycles. The van der Waals surface area contributed by atoms with E-state index in [0.717, 1.165) is 0 Å². The second kappa shape index (κ2) is 8.42. The number of ether oxygens (including phenoxy) is 1. The average molecular weight is 515 g/mol. The molecule has 0 radical (unpaired) electrons. The van der Waals surface area contributed by atoms with Crippen LogP contribution < -0.4 is 0 Å². The van der Waals surface area contributed by atoms with Crippen molar-refractivity contribution in [3.63, 3.8) is 0 Å². The van der Waals surface area contributed by atoms with E-state index in [-0.39, 0.29) is 29.4 Å². The number of hydrogen-bond donors (Lipinski definition) is 2. The van der Waals surface area contributed by atoms with Crippen molar-refractivity contribution < 1.29 is 19.7 Å². The zero-order valence-corrected chi connectivity index (χ0v) is 19.7. The van der Waals surface area contributed by atoms with Crippen LogP contribution in [0, 0.1) is 28.1 Å². The second-order valence-corrected chi connectivity index (χ2v) is 8.61. The maximum atomic E-state index is 13.0. The number of hydrogen-bond acceptors (Lipinski definition) is 7. The molecule has 1 heterocycles. The summed E-state index contributed by atoms with van der Waals surface area (Å²) in [6.45, 7) is 2.82. The molecule has 0 aromatic heterocycles. The van der Waals surface area contributed by atoms with E-state index in [4.69, 9.17) is 51.1 Å². The predicted molar refractivity (Wildman–Crippen MR) is 119 cm³/mol. The lowest BCUT2D eigenvalue weighted by Gasteiger charge is -2.44. The Bertz CT molecular complexity index is 1210. The Kier molecular flexibility index (Phi) is 6.34. The van der Waals surface area contributed by atoms with Crippen LogP contribution in [-0.4, -0.2) is 33.2 Å². The molecule has 0 bridgehead atoms. The smallest absolute Gasteiger partial charge is 0.338 e. The van der Waals surface area contributed by atoms with E-state index in [2.05, 4.69) is 0 Å². The molecule has 2 atom stereocenters. The fraction of sp³-hybridized carbons (Fsp3) is 0.286. The van der Waals surface area contributed by atoms with E-state index in [1.807, 2.05) is 12.1 Å². The minimum atomic E-state index is -2.42. The number of aliphatic hydroxyl groups is 2. The van der Waals surface area contributed by atoms with E-state index in [1.54, 1.807) is 19.1 Å². The van der Waals surface area contributed by atoms with Gasteiger partial charge in [0.25, 0.3) is 0 Å². The Balaban J connectivity index is 2.40. The van der Waals surface area contributed by atoms with Gasteiger partial charge < -0.3 is 19.8 Å². The van der Waals surface area contributed by atoms with E-state index < -0.39 is 38.5 Å². The van der Waals surface area contributed by atoms with Gasteiger partial charge in [-0.2, -0.15) is 10.5 Å². The van der Waals surface area contributed by atoms with Crippen LogP contribution in [0.3, 0.4) is 0 Å². The van der Waals surface area contributed by atoms with Crippen molar-refractivity contribution >= 4 is 52.4 Å². The summed E-state index contributed by atoms with van der Waals surface area (Å²) in [6.07, 6.45) is 0. The molecule has 3 rings (SSSR count). The summed E-state index contributed by atoms with van der Waals surface area (Å²) in [7, 11) is 0. The molecule has 0 saturated heterocycles. The summed E-state index contributed by atoms with van der Waals surface area (Å²) in [5, 5.41) is 42.2. The normalized spacial score (nSPS) is 24.9. The van der Waals surface area contributed by atoms with E-state index in [9.17, 15) is 25.5 Å². The summed E-state index contributed by atoms with van der Waals surface area (Å²) in [6, 6.07) is 8.38. The number of allylic oxidation sites excluding steroid dienone is 3. The Morgan fingerprint density at radius 2 is 1.75 bits per heavy atom. The van der Waals surface area contributed by atoms with Crippen molar-refractivity contribution in [2.24, 2.45) is 5.41 Å². The van der Waals surface area contributed by atoms with Gasteiger partial charge in [-0.3, -0.25) is 0 Å². The molecule has 1 aliphatic heterocycles. The van der Waals surface area contributed by atoms with Crippen molar-refractivity contribution in [2.45, 2.75) is 25.9 Å². The highest BCUT2D eigenvalue weighted by Crippen LogP contribution is 2.62. The fourth-order valence-electron chi connectivity index (χ4n) is 4.12. The lowest BCUT2D eigenvalue weighted by Crippen LogP contribution is -2.58. The molecule has 0 saturated carbocycles. The first-order valence-electron chi connectivity index (χ1n) is 9.16. The van der Waals surface area contributed by atoms with Crippen molar-refractivity contribution in [3.8, 4) is 12.1 Å². The van der Waals surface area contributed by atoms with Gasteiger partial charge in [0, 0.05) is 22.3 Å². The Morgan fingerprint density at radius 3 is 2.28 bits per heavy atom. The molecule has 2 N–H and O–H groups in total. The molecular weight excluding hydrogens is 500 g/mol. The molecule has 32 heavy (non-hydrogen) atoms. The van der Waals surface area contributed by atoms with Crippen LogP contribution in [0.4, 0.5) is 0 Å². The quantitative estimate of drug-likeness (QED) is 0.513. The number of carbonyl (C=O) groups is 1. The molecule has 2 aliphatic rings. The number of rotatable bonds is 4. The van der Waals surface area contributed by atoms with Crippen LogP contribution in [0.15, 0.2) is 51.1 Å². The van der Waals surface area contributed by atoms with Gasteiger partial charge in [0.1, 0.15) is 21.9 Å². The summed E-state index contributed by atoms with van der Waals surface area (Å²) in [5.74, 6) is -2.61. The van der Waals surface area contributed by atoms with Crippen LogP contribution in [0.25, 0.3) is 0 Å². The molecule has 0 fully saturated rings. The van der Waals surface area contributed by atoms with Gasteiger partial charge in [-0.05, 0) is 31.5 Å². The third-order valence-corrected chi connectivity index (χ3v) is 6.97. The molecule has 166 valence electrons. The van der Waals surface area contributed by atoms with Gasteiger partial charge in [-0.15, -0.1) is 0 Å². The zero-order chi connectivity index (χ0) is 24.0. The summed E-state index contributed by atoms with van der Waals surface area (Å²) < 4.78 is 5.11. The topological polar surface area (TPSA) is 118 Å². The van der Waals surface area contributed by atoms with Gasteiger partial charge in [-0.25, -0.2) is 4.79 Å². The number of esters is 1. The predicted octanol–water partition coefficient (Wildman–Crippen LogP) is 5.45. The van der Waals surface area contributed by atoms with Gasteiger partial charge in [0.15, 0.2) is 11.2 Å². The molecule has 0 unspecified atom stereocenters. The minimum absolute atomic E-state index is 0.0412. The van der Waals surface area contributed by atoms with E-state index in [1.165, 1.54) is 17.9 Å². The molecule has 1 aromatic carbocycles. The maximum absolute atomic E-state index is 13.0. The van der Waals surface area contributed by atoms with Gasteiger partial charge >= 0.3 is 5.97 Å². The highest BCUT2D eigenvalue weighted by Gasteiger charge is 2.73. The van der Waals surface area contributed by atoms with Crippen molar-refractivity contribution in [2.75, 3.05) is 6.61 Å². The first-order chi connectivity index (χ1) is 15.0. The Hall–Kier alpha value is -2.55. The number of nitrogens with zero attached hydrogens (tertiary/aromatic N) is 3. The Labute approximate surface area is 203 Å². The standard InChI is InChI=1S/C21H15Cl4N3O4/c1-3-32-19(31)14-10(2)28(7-11-4-5-12(22)6-13(11)23)21(9-27)18(30)16(25)15(24)17(29)20(14,21)8-26/h4-6,29-30H,3,7H2,1-2H3/t20-,21+/m0/s1. The number of halogens is 4. The van der Waals surface area contributed by atoms with E-state index in [0.29, 0.717) is 10.6 Å². The number of fused-ring (bicyclic) bond motifs is 1. The molecule has 11 heteroatoms. The first-order valence-corrected chi connectivity index (χ1v) is 10.7. The average Bonchev–Trinajstić information content (AvgIpc) is 2.98. The van der Waals surface area contributed by atoms with Crippen LogP contribution in [0.2, 0.25) is 10.0 Å². The van der Waals surface area contributed by atoms with Crippen molar-refractivity contribution in [3.05, 3.63) is 66.7 Å². The molecule has 7 nitrogen and oxygen atoms in total. The van der Waals surface area contributed by atoms with Crippen LogP contribution in [0.1, 0.15) is 19.4 Å². The monoisotopic (exact) mass is 513 g/mol. The number of benzene rings is 1. The SMILES string of the molecule is CCOC(=O)C1=C(C)N(Cc2ccc(Cl)cc2Cl)[C@]2(C#N)C(O)=C(Cl)C(Cl)=C(O)[C@]12C#N. The van der Waals surface area contributed by atoms with Crippen molar-refractivity contribution in [1.82, 2.24) is 4.90 Å². The second-order valence-electron chi connectivity index (χ2n) is 7.01.